The molecule has 2 heteroatoms. The fourth-order valence-corrected chi connectivity index (χ4v) is 1.05. The molecule has 0 aromatic rings. The molecule has 2 N–H and O–H groups in total. The van der Waals surface area contributed by atoms with Gasteiger partial charge in [-0.3, -0.25) is 0 Å². The molecule has 12 heavy (non-hydrogen) atoms. The van der Waals surface area contributed by atoms with E-state index in [-0.39, 0.29) is 6.61 Å². The maximum atomic E-state index is 9.38. The SMILES string of the molecule is C=C(CCO)CCCC(C)(C)O. The van der Waals surface area contributed by atoms with E-state index in [1.54, 1.807) is 0 Å². The van der Waals surface area contributed by atoms with E-state index in [1.807, 2.05) is 13.8 Å². The van der Waals surface area contributed by atoms with Gasteiger partial charge in [0.2, 0.25) is 0 Å². The second-order valence-electron chi connectivity index (χ2n) is 3.89. The van der Waals surface area contributed by atoms with E-state index >= 15 is 0 Å². The second-order valence-corrected chi connectivity index (χ2v) is 3.89. The van der Waals surface area contributed by atoms with Crippen molar-refractivity contribution >= 4 is 0 Å². The summed E-state index contributed by atoms with van der Waals surface area (Å²) in [5.74, 6) is 0. The van der Waals surface area contributed by atoms with Crippen molar-refractivity contribution in [3.05, 3.63) is 12.2 Å². The molecule has 0 fully saturated rings. The molecule has 72 valence electrons. The Morgan fingerprint density at radius 3 is 2.33 bits per heavy atom. The molecule has 0 aromatic carbocycles. The van der Waals surface area contributed by atoms with Crippen LogP contribution in [-0.4, -0.2) is 22.4 Å². The smallest absolute Gasteiger partial charge is 0.0591 e. The Morgan fingerprint density at radius 1 is 1.33 bits per heavy atom. The molecule has 0 aliphatic heterocycles. The summed E-state index contributed by atoms with van der Waals surface area (Å²) < 4.78 is 0. The first-order valence-electron chi connectivity index (χ1n) is 4.45. The number of hydrogen-bond donors (Lipinski definition) is 2. The molecule has 0 rings (SSSR count). The van der Waals surface area contributed by atoms with E-state index in [9.17, 15) is 5.11 Å². The van der Waals surface area contributed by atoms with Crippen molar-refractivity contribution in [3.63, 3.8) is 0 Å². The van der Waals surface area contributed by atoms with Crippen LogP contribution in [0.3, 0.4) is 0 Å². The van der Waals surface area contributed by atoms with Gasteiger partial charge in [-0.2, -0.15) is 0 Å². The number of aliphatic hydroxyl groups is 2. The van der Waals surface area contributed by atoms with Crippen molar-refractivity contribution in [2.45, 2.75) is 45.1 Å². The first kappa shape index (κ1) is 11.7. The number of rotatable bonds is 6. The average Bonchev–Trinajstić information content (AvgIpc) is 1.84. The monoisotopic (exact) mass is 172 g/mol. The van der Waals surface area contributed by atoms with Crippen LogP contribution in [0.2, 0.25) is 0 Å². The number of hydrogen-bond acceptors (Lipinski definition) is 2. The Morgan fingerprint density at radius 2 is 1.92 bits per heavy atom. The summed E-state index contributed by atoms with van der Waals surface area (Å²) in [6.07, 6.45) is 3.33. The quantitative estimate of drug-likeness (QED) is 0.600. The Bertz CT molecular complexity index is 133. The zero-order valence-electron chi connectivity index (χ0n) is 8.14. The molecule has 0 unspecified atom stereocenters. The minimum Gasteiger partial charge on any atom is -0.396 e. The van der Waals surface area contributed by atoms with Crippen LogP contribution in [0.15, 0.2) is 12.2 Å². The summed E-state index contributed by atoms with van der Waals surface area (Å²) >= 11 is 0. The lowest BCUT2D eigenvalue weighted by molar-refractivity contribution is 0.0688. The highest BCUT2D eigenvalue weighted by Gasteiger charge is 2.11. The van der Waals surface area contributed by atoms with Crippen molar-refractivity contribution in [3.8, 4) is 0 Å². The topological polar surface area (TPSA) is 40.5 Å². The van der Waals surface area contributed by atoms with E-state index < -0.39 is 5.60 Å². The third kappa shape index (κ3) is 7.76. The summed E-state index contributed by atoms with van der Waals surface area (Å²) in [6.45, 7) is 7.62. The fourth-order valence-electron chi connectivity index (χ4n) is 1.05. The molecule has 0 atom stereocenters. The summed E-state index contributed by atoms with van der Waals surface area (Å²) in [5.41, 5.74) is 0.501. The maximum Gasteiger partial charge on any atom is 0.0591 e. The van der Waals surface area contributed by atoms with Gasteiger partial charge in [0.1, 0.15) is 0 Å². The maximum absolute atomic E-state index is 9.38. The van der Waals surface area contributed by atoms with Crippen LogP contribution < -0.4 is 0 Å². The zero-order chi connectivity index (χ0) is 9.61. The summed E-state index contributed by atoms with van der Waals surface area (Å²) in [4.78, 5) is 0. The molecule has 0 aliphatic rings. The van der Waals surface area contributed by atoms with Gasteiger partial charge in [-0.05, 0) is 39.5 Å². The Balaban J connectivity index is 3.37. The predicted octanol–water partition coefficient (Wildman–Crippen LogP) is 1.87. The van der Waals surface area contributed by atoms with E-state index in [1.165, 1.54) is 0 Å². The van der Waals surface area contributed by atoms with Gasteiger partial charge in [0, 0.05) is 6.61 Å². The van der Waals surface area contributed by atoms with Gasteiger partial charge >= 0.3 is 0 Å². The number of aliphatic hydroxyl groups excluding tert-OH is 1. The average molecular weight is 172 g/mol. The van der Waals surface area contributed by atoms with Gasteiger partial charge in [-0.25, -0.2) is 0 Å². The van der Waals surface area contributed by atoms with Crippen LogP contribution in [0, 0.1) is 0 Å². The Labute approximate surface area is 74.9 Å². The lowest BCUT2D eigenvalue weighted by Crippen LogP contribution is -2.17. The van der Waals surface area contributed by atoms with Gasteiger partial charge in [0.05, 0.1) is 5.60 Å². The van der Waals surface area contributed by atoms with E-state index in [4.69, 9.17) is 5.11 Å². The molecule has 2 nitrogen and oxygen atoms in total. The lowest BCUT2D eigenvalue weighted by Gasteiger charge is -2.16. The van der Waals surface area contributed by atoms with Crippen LogP contribution in [0.25, 0.3) is 0 Å². The van der Waals surface area contributed by atoms with Gasteiger partial charge < -0.3 is 10.2 Å². The molecule has 0 aromatic heterocycles. The highest BCUT2D eigenvalue weighted by Crippen LogP contribution is 2.15. The molecule has 0 saturated carbocycles. The molecule has 0 bridgehead atoms. The molecular weight excluding hydrogens is 152 g/mol. The second kappa shape index (κ2) is 5.33. The summed E-state index contributed by atoms with van der Waals surface area (Å²) in [6, 6.07) is 0. The highest BCUT2D eigenvalue weighted by molar-refractivity contribution is 4.93. The standard InChI is InChI=1S/C10H20O2/c1-9(6-8-11)5-4-7-10(2,3)12/h11-12H,1,4-8H2,2-3H3. The van der Waals surface area contributed by atoms with Crippen molar-refractivity contribution in [1.82, 2.24) is 0 Å². The van der Waals surface area contributed by atoms with Gasteiger partial charge in [-0.15, -0.1) is 0 Å². The van der Waals surface area contributed by atoms with Crippen LogP contribution in [0.1, 0.15) is 39.5 Å². The molecule has 0 saturated heterocycles. The minimum absolute atomic E-state index is 0.182. The molecule has 0 radical (unpaired) electrons. The minimum atomic E-state index is -0.570. The van der Waals surface area contributed by atoms with E-state index in [0.717, 1.165) is 24.8 Å². The van der Waals surface area contributed by atoms with Crippen LogP contribution >= 0.6 is 0 Å². The summed E-state index contributed by atoms with van der Waals surface area (Å²) in [5, 5.41) is 18.0. The zero-order valence-corrected chi connectivity index (χ0v) is 8.14. The molecule has 0 spiro atoms. The van der Waals surface area contributed by atoms with Crippen LogP contribution in [0.5, 0.6) is 0 Å². The first-order valence-corrected chi connectivity index (χ1v) is 4.45. The fraction of sp³-hybridized carbons (Fsp3) is 0.800. The lowest BCUT2D eigenvalue weighted by atomic mass is 9.99. The molecule has 0 heterocycles. The summed E-state index contributed by atoms with van der Waals surface area (Å²) in [7, 11) is 0. The van der Waals surface area contributed by atoms with Gasteiger partial charge in [0.25, 0.3) is 0 Å². The normalized spacial score (nSPS) is 11.7. The van der Waals surface area contributed by atoms with Crippen LogP contribution in [-0.2, 0) is 0 Å². The van der Waals surface area contributed by atoms with Crippen molar-refractivity contribution in [2.24, 2.45) is 0 Å². The third-order valence-electron chi connectivity index (χ3n) is 1.78. The Hall–Kier alpha value is -0.340. The largest absolute Gasteiger partial charge is 0.396 e. The highest BCUT2D eigenvalue weighted by atomic mass is 16.3. The van der Waals surface area contributed by atoms with Crippen molar-refractivity contribution in [2.75, 3.05) is 6.61 Å². The van der Waals surface area contributed by atoms with Crippen molar-refractivity contribution < 1.29 is 10.2 Å². The van der Waals surface area contributed by atoms with Gasteiger partial charge in [0.15, 0.2) is 0 Å². The molecular formula is C10H20O2. The van der Waals surface area contributed by atoms with Gasteiger partial charge in [-0.1, -0.05) is 12.2 Å². The van der Waals surface area contributed by atoms with E-state index in [0.29, 0.717) is 6.42 Å². The van der Waals surface area contributed by atoms with Crippen molar-refractivity contribution in [1.29, 1.82) is 0 Å². The molecule has 0 amide bonds. The Kier molecular flexibility index (Phi) is 5.18. The molecule has 0 aliphatic carbocycles. The predicted molar refractivity (Wildman–Crippen MR) is 51.0 cm³/mol. The first-order chi connectivity index (χ1) is 5.45. The van der Waals surface area contributed by atoms with E-state index in [2.05, 4.69) is 6.58 Å². The van der Waals surface area contributed by atoms with Crippen LogP contribution in [0.4, 0.5) is 0 Å². The third-order valence-corrected chi connectivity index (χ3v) is 1.78.